The minimum Gasteiger partial charge on any atom is -0.374 e. The van der Waals surface area contributed by atoms with Gasteiger partial charge in [-0.2, -0.15) is 5.26 Å². The normalized spacial score (nSPS) is 15.0. The van der Waals surface area contributed by atoms with Crippen molar-refractivity contribution in [2.24, 2.45) is 0 Å². The molecule has 0 saturated heterocycles. The molecular weight excluding hydrogens is 258 g/mol. The van der Waals surface area contributed by atoms with E-state index in [2.05, 4.69) is 41.5 Å². The molecular formula is C18H19N3. The summed E-state index contributed by atoms with van der Waals surface area (Å²) in [7, 11) is 2.13. The lowest BCUT2D eigenvalue weighted by molar-refractivity contribution is 0.742. The summed E-state index contributed by atoms with van der Waals surface area (Å²) in [5.41, 5.74) is 4.65. The van der Waals surface area contributed by atoms with Crippen LogP contribution in [0.4, 0.5) is 11.4 Å². The van der Waals surface area contributed by atoms with Gasteiger partial charge in [0.05, 0.1) is 6.07 Å². The van der Waals surface area contributed by atoms with E-state index in [4.69, 9.17) is 0 Å². The summed E-state index contributed by atoms with van der Waals surface area (Å²) in [6.07, 6.45) is 2.27. The van der Waals surface area contributed by atoms with E-state index >= 15 is 0 Å². The van der Waals surface area contributed by atoms with E-state index in [-0.39, 0.29) is 6.04 Å². The van der Waals surface area contributed by atoms with Gasteiger partial charge in [-0.15, -0.1) is 0 Å². The van der Waals surface area contributed by atoms with Crippen molar-refractivity contribution >= 4 is 11.4 Å². The molecule has 1 atom stereocenters. The summed E-state index contributed by atoms with van der Waals surface area (Å²) < 4.78 is 0. The zero-order chi connectivity index (χ0) is 14.7. The fraction of sp³-hybridized carbons (Fsp3) is 0.278. The Morgan fingerprint density at radius 3 is 2.76 bits per heavy atom. The molecule has 3 rings (SSSR count). The molecule has 0 saturated carbocycles. The van der Waals surface area contributed by atoms with Crippen molar-refractivity contribution in [3.63, 3.8) is 0 Å². The van der Waals surface area contributed by atoms with Gasteiger partial charge in [0.25, 0.3) is 0 Å². The van der Waals surface area contributed by atoms with E-state index in [1.54, 1.807) is 0 Å². The molecule has 1 N–H and O–H groups in total. The molecule has 0 spiro atoms. The summed E-state index contributed by atoms with van der Waals surface area (Å²) in [5.74, 6) is 0. The molecule has 106 valence electrons. The maximum atomic E-state index is 9.47. The third-order valence-electron chi connectivity index (χ3n) is 4.00. The first-order valence-electron chi connectivity index (χ1n) is 7.33. The Balaban J connectivity index is 1.86. The number of anilines is 2. The SMILES string of the molecule is CN1CCCc2cc(C(C#N)Nc3ccccc3)ccc21. The van der Waals surface area contributed by atoms with Crippen LogP contribution in [-0.2, 0) is 6.42 Å². The number of nitriles is 1. The van der Waals surface area contributed by atoms with Gasteiger partial charge in [-0.3, -0.25) is 0 Å². The molecule has 3 heteroatoms. The Morgan fingerprint density at radius 1 is 1.19 bits per heavy atom. The lowest BCUT2D eigenvalue weighted by atomic mass is 9.97. The minimum atomic E-state index is -0.315. The van der Waals surface area contributed by atoms with Gasteiger partial charge in [0.15, 0.2) is 0 Å². The second kappa shape index (κ2) is 5.88. The topological polar surface area (TPSA) is 39.1 Å². The highest BCUT2D eigenvalue weighted by Crippen LogP contribution is 2.29. The highest BCUT2D eigenvalue weighted by Gasteiger charge is 2.17. The Kier molecular flexibility index (Phi) is 3.79. The Hall–Kier alpha value is -2.47. The summed E-state index contributed by atoms with van der Waals surface area (Å²) in [6.45, 7) is 1.11. The third-order valence-corrected chi connectivity index (χ3v) is 4.00. The molecule has 21 heavy (non-hydrogen) atoms. The standard InChI is InChI=1S/C18H19N3/c1-21-11-5-6-15-12-14(9-10-18(15)21)17(13-19)20-16-7-3-2-4-8-16/h2-4,7-10,12,17,20H,5-6,11H2,1H3. The van der Waals surface area contributed by atoms with Gasteiger partial charge in [0.1, 0.15) is 6.04 Å². The lowest BCUT2D eigenvalue weighted by Gasteiger charge is -2.28. The number of nitrogens with one attached hydrogen (secondary N) is 1. The van der Waals surface area contributed by atoms with Gasteiger partial charge in [0.2, 0.25) is 0 Å². The summed E-state index contributed by atoms with van der Waals surface area (Å²) >= 11 is 0. The maximum Gasteiger partial charge on any atom is 0.140 e. The summed E-state index contributed by atoms with van der Waals surface area (Å²) in [5, 5.41) is 12.8. The van der Waals surface area contributed by atoms with Crippen molar-refractivity contribution in [1.29, 1.82) is 5.26 Å². The quantitative estimate of drug-likeness (QED) is 0.928. The van der Waals surface area contributed by atoms with Crippen molar-refractivity contribution in [2.45, 2.75) is 18.9 Å². The van der Waals surface area contributed by atoms with Crippen LogP contribution in [-0.4, -0.2) is 13.6 Å². The van der Waals surface area contributed by atoms with Crippen LogP contribution in [0, 0.1) is 11.3 Å². The van der Waals surface area contributed by atoms with Gasteiger partial charge in [-0.25, -0.2) is 0 Å². The average Bonchev–Trinajstić information content (AvgIpc) is 2.53. The lowest BCUT2D eigenvalue weighted by Crippen LogP contribution is -2.24. The molecule has 1 unspecified atom stereocenters. The number of rotatable bonds is 3. The van der Waals surface area contributed by atoms with E-state index in [1.165, 1.54) is 17.7 Å². The monoisotopic (exact) mass is 277 g/mol. The average molecular weight is 277 g/mol. The largest absolute Gasteiger partial charge is 0.374 e. The summed E-state index contributed by atoms with van der Waals surface area (Å²) in [6, 6.07) is 18.3. The Morgan fingerprint density at radius 2 is 2.00 bits per heavy atom. The smallest absolute Gasteiger partial charge is 0.140 e. The van der Waals surface area contributed by atoms with Crippen molar-refractivity contribution < 1.29 is 0 Å². The number of aryl methyl sites for hydroxylation is 1. The van der Waals surface area contributed by atoms with Crippen LogP contribution < -0.4 is 10.2 Å². The molecule has 0 aromatic heterocycles. The van der Waals surface area contributed by atoms with Crippen LogP contribution in [0.2, 0.25) is 0 Å². The number of benzene rings is 2. The van der Waals surface area contributed by atoms with Crippen LogP contribution in [0.1, 0.15) is 23.6 Å². The highest BCUT2D eigenvalue weighted by atomic mass is 15.1. The van der Waals surface area contributed by atoms with Crippen LogP contribution in [0.15, 0.2) is 48.5 Å². The van der Waals surface area contributed by atoms with Crippen molar-refractivity contribution in [1.82, 2.24) is 0 Å². The van der Waals surface area contributed by atoms with E-state index < -0.39 is 0 Å². The molecule has 1 aliphatic heterocycles. The Labute approximate surface area is 125 Å². The van der Waals surface area contributed by atoms with Gasteiger partial charge in [-0.05, 0) is 42.2 Å². The number of para-hydroxylation sites is 1. The van der Waals surface area contributed by atoms with Crippen molar-refractivity contribution in [3.05, 3.63) is 59.7 Å². The molecule has 0 radical (unpaired) electrons. The fourth-order valence-electron chi connectivity index (χ4n) is 2.88. The van der Waals surface area contributed by atoms with Crippen LogP contribution in [0.5, 0.6) is 0 Å². The van der Waals surface area contributed by atoms with Crippen molar-refractivity contribution in [2.75, 3.05) is 23.8 Å². The number of fused-ring (bicyclic) bond motifs is 1. The summed E-state index contributed by atoms with van der Waals surface area (Å²) in [4.78, 5) is 2.29. The highest BCUT2D eigenvalue weighted by molar-refractivity contribution is 5.58. The van der Waals surface area contributed by atoms with Gasteiger partial charge in [0, 0.05) is 25.0 Å². The van der Waals surface area contributed by atoms with E-state index in [0.29, 0.717) is 0 Å². The molecule has 0 fully saturated rings. The third kappa shape index (κ3) is 2.85. The number of hydrogen-bond donors (Lipinski definition) is 1. The number of nitrogens with zero attached hydrogens (tertiary/aromatic N) is 2. The molecule has 1 heterocycles. The van der Waals surface area contributed by atoms with Gasteiger partial charge in [-0.1, -0.05) is 30.3 Å². The van der Waals surface area contributed by atoms with Crippen LogP contribution in [0.25, 0.3) is 0 Å². The molecule has 0 aliphatic carbocycles. The second-order valence-corrected chi connectivity index (χ2v) is 5.49. The fourth-order valence-corrected chi connectivity index (χ4v) is 2.88. The van der Waals surface area contributed by atoms with E-state index in [0.717, 1.165) is 24.2 Å². The molecule has 2 aromatic carbocycles. The molecule has 0 amide bonds. The van der Waals surface area contributed by atoms with E-state index in [9.17, 15) is 5.26 Å². The molecule has 2 aromatic rings. The van der Waals surface area contributed by atoms with E-state index in [1.807, 2.05) is 30.3 Å². The molecule has 1 aliphatic rings. The predicted octanol–water partition coefficient (Wildman–Crippen LogP) is 3.75. The zero-order valence-electron chi connectivity index (χ0n) is 12.2. The Bertz CT molecular complexity index is 658. The predicted molar refractivity (Wildman–Crippen MR) is 86.5 cm³/mol. The first-order chi connectivity index (χ1) is 10.3. The van der Waals surface area contributed by atoms with Crippen LogP contribution >= 0.6 is 0 Å². The zero-order valence-corrected chi connectivity index (χ0v) is 12.2. The van der Waals surface area contributed by atoms with Crippen molar-refractivity contribution in [3.8, 4) is 6.07 Å². The number of hydrogen-bond acceptors (Lipinski definition) is 3. The van der Waals surface area contributed by atoms with Gasteiger partial charge < -0.3 is 10.2 Å². The van der Waals surface area contributed by atoms with Crippen LogP contribution in [0.3, 0.4) is 0 Å². The maximum absolute atomic E-state index is 9.47. The molecule has 3 nitrogen and oxygen atoms in total. The first kappa shape index (κ1) is 13.5. The first-order valence-corrected chi connectivity index (χ1v) is 7.33. The van der Waals surface area contributed by atoms with Gasteiger partial charge >= 0.3 is 0 Å². The second-order valence-electron chi connectivity index (χ2n) is 5.49. The molecule has 0 bridgehead atoms. The minimum absolute atomic E-state index is 0.315.